The number of anilines is 2. The number of fused-ring (bicyclic) bond motifs is 1. The molecule has 0 aliphatic heterocycles. The highest BCUT2D eigenvalue weighted by atomic mass is 16.4. The molecule has 1 aromatic heterocycles. The van der Waals surface area contributed by atoms with Crippen LogP contribution in [-0.2, 0) is 0 Å². The zero-order valence-electron chi connectivity index (χ0n) is 10.4. The number of hydrogen-bond donors (Lipinski definition) is 0. The van der Waals surface area contributed by atoms with Gasteiger partial charge in [-0.3, -0.25) is 4.90 Å². The fourth-order valence-electron chi connectivity index (χ4n) is 1.97. The molecule has 0 spiro atoms. The normalized spacial score (nSPS) is 10.3. The summed E-state index contributed by atoms with van der Waals surface area (Å²) in [5.74, 6) is 0. The molecular weight excluding hydrogens is 238 g/mol. The van der Waals surface area contributed by atoms with Gasteiger partial charge < -0.3 is 4.42 Å². The van der Waals surface area contributed by atoms with Crippen LogP contribution in [0.1, 0.15) is 5.56 Å². The van der Waals surface area contributed by atoms with Crippen molar-refractivity contribution in [2.45, 2.75) is 0 Å². The number of aromatic nitrogens is 1. The number of benzene rings is 2. The minimum Gasteiger partial charge on any atom is -0.423 e. The molecule has 0 amide bonds. The summed E-state index contributed by atoms with van der Waals surface area (Å²) in [6, 6.07) is 17.6. The Bertz CT molecular complexity index is 737. The van der Waals surface area contributed by atoms with E-state index in [9.17, 15) is 0 Å². The molecule has 0 unspecified atom stereocenters. The Morgan fingerprint density at radius 3 is 2.63 bits per heavy atom. The van der Waals surface area contributed by atoms with E-state index < -0.39 is 0 Å². The van der Waals surface area contributed by atoms with Crippen molar-refractivity contribution < 1.29 is 4.42 Å². The summed E-state index contributed by atoms with van der Waals surface area (Å²) >= 11 is 0. The Morgan fingerprint density at radius 2 is 1.84 bits per heavy atom. The molecule has 2 aromatic carbocycles. The van der Waals surface area contributed by atoms with Crippen molar-refractivity contribution in [3.05, 3.63) is 54.1 Å². The van der Waals surface area contributed by atoms with E-state index in [-0.39, 0.29) is 0 Å². The molecule has 0 aliphatic carbocycles. The maximum Gasteiger partial charge on any atom is 0.302 e. The monoisotopic (exact) mass is 249 g/mol. The van der Waals surface area contributed by atoms with E-state index in [1.165, 1.54) is 0 Å². The van der Waals surface area contributed by atoms with Crippen molar-refractivity contribution in [3.63, 3.8) is 0 Å². The average molecular weight is 249 g/mol. The zero-order valence-corrected chi connectivity index (χ0v) is 10.4. The van der Waals surface area contributed by atoms with Crippen LogP contribution in [0.5, 0.6) is 0 Å². The molecular formula is C15H11N3O. The third kappa shape index (κ3) is 1.91. The Hall–Kier alpha value is -2.80. The Labute approximate surface area is 110 Å². The summed E-state index contributed by atoms with van der Waals surface area (Å²) in [5.41, 5.74) is 2.90. The van der Waals surface area contributed by atoms with Crippen molar-refractivity contribution in [1.82, 2.24) is 4.98 Å². The largest absolute Gasteiger partial charge is 0.423 e. The number of rotatable bonds is 2. The predicted octanol–water partition coefficient (Wildman–Crippen LogP) is 3.47. The summed E-state index contributed by atoms with van der Waals surface area (Å²) in [5, 5.41) is 9.13. The molecule has 0 radical (unpaired) electrons. The molecule has 1 heterocycles. The molecule has 4 heteroatoms. The summed E-state index contributed by atoms with van der Waals surface area (Å²) in [7, 11) is 1.83. The van der Waals surface area contributed by atoms with Crippen molar-refractivity contribution in [1.29, 1.82) is 5.26 Å². The second-order valence-electron chi connectivity index (χ2n) is 4.15. The first kappa shape index (κ1) is 11.3. The molecule has 0 saturated heterocycles. The van der Waals surface area contributed by atoms with Gasteiger partial charge >= 0.3 is 6.01 Å². The SMILES string of the molecule is CN(c1nc2ccccc2o1)c1ccccc1C#N. The van der Waals surface area contributed by atoms with Crippen molar-refractivity contribution in [2.75, 3.05) is 11.9 Å². The van der Waals surface area contributed by atoms with Crippen LogP contribution in [0.15, 0.2) is 52.9 Å². The van der Waals surface area contributed by atoms with Gasteiger partial charge in [0.1, 0.15) is 11.6 Å². The second-order valence-corrected chi connectivity index (χ2v) is 4.15. The van der Waals surface area contributed by atoms with Crippen LogP contribution in [-0.4, -0.2) is 12.0 Å². The minimum absolute atomic E-state index is 0.476. The lowest BCUT2D eigenvalue weighted by Crippen LogP contribution is -2.11. The summed E-state index contributed by atoms with van der Waals surface area (Å²) in [6.45, 7) is 0. The number of para-hydroxylation sites is 3. The van der Waals surface area contributed by atoms with E-state index in [1.54, 1.807) is 11.0 Å². The van der Waals surface area contributed by atoms with Crippen molar-refractivity contribution >= 4 is 22.8 Å². The third-order valence-electron chi connectivity index (χ3n) is 2.96. The van der Waals surface area contributed by atoms with Gasteiger partial charge in [-0.05, 0) is 24.3 Å². The van der Waals surface area contributed by atoms with E-state index in [1.807, 2.05) is 49.5 Å². The zero-order chi connectivity index (χ0) is 13.2. The smallest absolute Gasteiger partial charge is 0.302 e. The first-order valence-electron chi connectivity index (χ1n) is 5.88. The molecule has 0 N–H and O–H groups in total. The number of nitriles is 1. The van der Waals surface area contributed by atoms with Gasteiger partial charge in [0.15, 0.2) is 5.58 Å². The average Bonchev–Trinajstić information content (AvgIpc) is 2.90. The minimum atomic E-state index is 0.476. The highest BCUT2D eigenvalue weighted by Crippen LogP contribution is 2.28. The van der Waals surface area contributed by atoms with Crippen LogP contribution in [0.3, 0.4) is 0 Å². The fraction of sp³-hybridized carbons (Fsp3) is 0.0667. The van der Waals surface area contributed by atoms with Gasteiger partial charge in [0.05, 0.1) is 11.3 Å². The van der Waals surface area contributed by atoms with Crippen LogP contribution in [0.2, 0.25) is 0 Å². The molecule has 0 saturated carbocycles. The van der Waals surface area contributed by atoms with Crippen LogP contribution in [0.25, 0.3) is 11.1 Å². The maximum atomic E-state index is 9.13. The Morgan fingerprint density at radius 1 is 1.11 bits per heavy atom. The first-order chi connectivity index (χ1) is 9.29. The van der Waals surface area contributed by atoms with E-state index in [0.717, 1.165) is 16.8 Å². The predicted molar refractivity (Wildman–Crippen MR) is 73.2 cm³/mol. The summed E-state index contributed by atoms with van der Waals surface area (Å²) in [6.07, 6.45) is 0. The van der Waals surface area contributed by atoms with E-state index in [0.29, 0.717) is 11.6 Å². The second kappa shape index (κ2) is 4.46. The van der Waals surface area contributed by atoms with Gasteiger partial charge in [0.25, 0.3) is 0 Å². The van der Waals surface area contributed by atoms with Crippen LogP contribution in [0.4, 0.5) is 11.7 Å². The molecule has 3 rings (SSSR count). The number of oxazole rings is 1. The van der Waals surface area contributed by atoms with E-state index in [4.69, 9.17) is 9.68 Å². The molecule has 0 bridgehead atoms. The first-order valence-corrected chi connectivity index (χ1v) is 5.88. The highest BCUT2D eigenvalue weighted by molar-refractivity contribution is 5.76. The van der Waals surface area contributed by atoms with Crippen LogP contribution < -0.4 is 4.90 Å². The van der Waals surface area contributed by atoms with Gasteiger partial charge in [-0.1, -0.05) is 24.3 Å². The lowest BCUT2D eigenvalue weighted by Gasteiger charge is -2.15. The van der Waals surface area contributed by atoms with E-state index >= 15 is 0 Å². The van der Waals surface area contributed by atoms with Gasteiger partial charge in [-0.2, -0.15) is 10.2 Å². The Kier molecular flexibility index (Phi) is 2.66. The van der Waals surface area contributed by atoms with Crippen molar-refractivity contribution in [3.8, 4) is 6.07 Å². The summed E-state index contributed by atoms with van der Waals surface area (Å²) in [4.78, 5) is 6.19. The van der Waals surface area contributed by atoms with Gasteiger partial charge in [-0.15, -0.1) is 0 Å². The molecule has 0 fully saturated rings. The fourth-order valence-corrected chi connectivity index (χ4v) is 1.97. The highest BCUT2D eigenvalue weighted by Gasteiger charge is 2.14. The van der Waals surface area contributed by atoms with Crippen molar-refractivity contribution in [2.24, 2.45) is 0 Å². The standard InChI is InChI=1S/C15H11N3O/c1-18(13-8-4-2-6-11(13)10-16)15-17-12-7-3-5-9-14(12)19-15/h2-9H,1H3. The number of nitrogens with zero attached hydrogens (tertiary/aromatic N) is 3. The molecule has 19 heavy (non-hydrogen) atoms. The van der Waals surface area contributed by atoms with Gasteiger partial charge in [0.2, 0.25) is 0 Å². The Balaban J connectivity index is 2.08. The maximum absolute atomic E-state index is 9.13. The lowest BCUT2D eigenvalue weighted by atomic mass is 10.2. The third-order valence-corrected chi connectivity index (χ3v) is 2.96. The number of hydrogen-bond acceptors (Lipinski definition) is 4. The van der Waals surface area contributed by atoms with Gasteiger partial charge in [-0.25, -0.2) is 0 Å². The molecule has 0 aliphatic rings. The quantitative estimate of drug-likeness (QED) is 0.697. The molecule has 0 atom stereocenters. The lowest BCUT2D eigenvalue weighted by molar-refractivity contribution is 0.603. The molecule has 92 valence electrons. The van der Waals surface area contributed by atoms with Gasteiger partial charge in [0, 0.05) is 7.05 Å². The van der Waals surface area contributed by atoms with E-state index in [2.05, 4.69) is 11.1 Å². The molecule has 3 aromatic rings. The van der Waals surface area contributed by atoms with Crippen LogP contribution in [0, 0.1) is 11.3 Å². The van der Waals surface area contributed by atoms with Crippen LogP contribution >= 0.6 is 0 Å². The topological polar surface area (TPSA) is 53.1 Å². The summed E-state index contributed by atoms with van der Waals surface area (Å²) < 4.78 is 5.69. The molecule has 4 nitrogen and oxygen atoms in total.